The van der Waals surface area contributed by atoms with Crippen molar-refractivity contribution < 1.29 is 4.79 Å². The quantitative estimate of drug-likeness (QED) is 0.943. The van der Waals surface area contributed by atoms with Crippen LogP contribution in [0.15, 0.2) is 40.9 Å². The molecule has 0 radical (unpaired) electrons. The number of carbonyl (C=O) groups excluding carboxylic acids is 1. The molecule has 0 spiro atoms. The number of halogens is 1. The smallest absolute Gasteiger partial charge is 0.149 e. The van der Waals surface area contributed by atoms with Gasteiger partial charge in [-0.15, -0.1) is 10.2 Å². The fourth-order valence-electron chi connectivity index (χ4n) is 1.44. The lowest BCUT2D eigenvalue weighted by Crippen LogP contribution is -2.11. The van der Waals surface area contributed by atoms with Crippen LogP contribution in [-0.4, -0.2) is 22.5 Å². The van der Waals surface area contributed by atoms with Crippen LogP contribution in [-0.2, 0) is 4.79 Å². The number of Topliss-reactive ketones (excluding diaryl/α,β-unsaturated/α-hetero) is 1. The van der Waals surface area contributed by atoms with E-state index >= 15 is 0 Å². The molecule has 0 aliphatic heterocycles. The molecule has 1 heterocycles. The van der Waals surface area contributed by atoms with E-state index in [0.29, 0.717) is 5.82 Å². The largest absolute Gasteiger partial charge is 0.362 e. The molecule has 0 bridgehead atoms. The molecule has 0 fully saturated rings. The summed E-state index contributed by atoms with van der Waals surface area (Å²) in [5.41, 5.74) is 1.79. The van der Waals surface area contributed by atoms with E-state index in [-0.39, 0.29) is 12.3 Å². The first kappa shape index (κ1) is 12.7. The van der Waals surface area contributed by atoms with Crippen molar-refractivity contribution in [2.45, 2.75) is 6.92 Å². The maximum absolute atomic E-state index is 10.8. The first-order valence-electron chi connectivity index (χ1n) is 5.48. The summed E-state index contributed by atoms with van der Waals surface area (Å²) in [5.74, 6) is 0.664. The molecule has 0 amide bonds. The molecule has 1 aromatic carbocycles. The van der Waals surface area contributed by atoms with Gasteiger partial charge in [-0.05, 0) is 31.2 Å². The van der Waals surface area contributed by atoms with E-state index in [2.05, 4.69) is 31.4 Å². The monoisotopic (exact) mass is 305 g/mol. The van der Waals surface area contributed by atoms with Crippen LogP contribution in [0.2, 0.25) is 0 Å². The minimum atomic E-state index is 0.0628. The molecule has 0 atom stereocenters. The number of hydrogen-bond acceptors (Lipinski definition) is 4. The van der Waals surface area contributed by atoms with E-state index in [4.69, 9.17) is 0 Å². The molecule has 5 heteroatoms. The number of nitrogens with one attached hydrogen (secondary N) is 1. The number of anilines is 1. The summed E-state index contributed by atoms with van der Waals surface area (Å²) in [4.78, 5) is 10.8. The molecular formula is C13H12BrN3O. The van der Waals surface area contributed by atoms with Crippen LogP contribution >= 0.6 is 15.9 Å². The minimum absolute atomic E-state index is 0.0628. The Bertz CT molecular complexity index is 554. The van der Waals surface area contributed by atoms with Gasteiger partial charge in [0, 0.05) is 10.0 Å². The SMILES string of the molecule is CC(=O)CNc1ccc(-c2cccc(Br)c2)nn1. The molecular weight excluding hydrogens is 294 g/mol. The molecule has 1 aromatic heterocycles. The maximum Gasteiger partial charge on any atom is 0.149 e. The lowest BCUT2D eigenvalue weighted by Gasteiger charge is -2.04. The van der Waals surface area contributed by atoms with Crippen molar-refractivity contribution in [3.05, 3.63) is 40.9 Å². The molecule has 0 saturated carbocycles. The Kier molecular flexibility index (Phi) is 4.04. The van der Waals surface area contributed by atoms with Gasteiger partial charge in [0.2, 0.25) is 0 Å². The van der Waals surface area contributed by atoms with Crippen molar-refractivity contribution >= 4 is 27.5 Å². The summed E-state index contributed by atoms with van der Waals surface area (Å²) in [5, 5.41) is 11.1. The lowest BCUT2D eigenvalue weighted by molar-refractivity contribution is -0.115. The predicted molar refractivity (Wildman–Crippen MR) is 74.3 cm³/mol. The molecule has 18 heavy (non-hydrogen) atoms. The van der Waals surface area contributed by atoms with Gasteiger partial charge in [0.25, 0.3) is 0 Å². The Labute approximate surface area is 114 Å². The Hall–Kier alpha value is -1.75. The highest BCUT2D eigenvalue weighted by Gasteiger charge is 2.02. The van der Waals surface area contributed by atoms with Crippen molar-refractivity contribution in [3.8, 4) is 11.3 Å². The van der Waals surface area contributed by atoms with Crippen LogP contribution in [0.4, 0.5) is 5.82 Å². The molecule has 4 nitrogen and oxygen atoms in total. The number of nitrogens with zero attached hydrogens (tertiary/aromatic N) is 2. The highest BCUT2D eigenvalue weighted by Crippen LogP contribution is 2.21. The van der Waals surface area contributed by atoms with Crippen LogP contribution in [0.1, 0.15) is 6.92 Å². The second kappa shape index (κ2) is 5.73. The van der Waals surface area contributed by atoms with Gasteiger partial charge in [-0.3, -0.25) is 4.79 Å². The number of carbonyl (C=O) groups is 1. The zero-order valence-electron chi connectivity index (χ0n) is 9.85. The van der Waals surface area contributed by atoms with Crippen molar-refractivity contribution in [1.29, 1.82) is 0 Å². The molecule has 0 unspecified atom stereocenters. The molecule has 92 valence electrons. The summed E-state index contributed by atoms with van der Waals surface area (Å²) in [7, 11) is 0. The van der Waals surface area contributed by atoms with Gasteiger partial charge in [0.05, 0.1) is 12.2 Å². The van der Waals surface area contributed by atoms with Crippen molar-refractivity contribution in [1.82, 2.24) is 10.2 Å². The van der Waals surface area contributed by atoms with E-state index in [1.807, 2.05) is 36.4 Å². The Morgan fingerprint density at radius 1 is 1.28 bits per heavy atom. The van der Waals surface area contributed by atoms with Crippen LogP contribution in [0.5, 0.6) is 0 Å². The van der Waals surface area contributed by atoms with Crippen molar-refractivity contribution in [3.63, 3.8) is 0 Å². The molecule has 0 aliphatic rings. The number of rotatable bonds is 4. The fourth-order valence-corrected chi connectivity index (χ4v) is 1.84. The predicted octanol–water partition coefficient (Wildman–Crippen LogP) is 2.91. The highest BCUT2D eigenvalue weighted by atomic mass is 79.9. The molecule has 0 saturated heterocycles. The number of aromatic nitrogens is 2. The average Bonchev–Trinajstić information content (AvgIpc) is 2.37. The van der Waals surface area contributed by atoms with Gasteiger partial charge >= 0.3 is 0 Å². The highest BCUT2D eigenvalue weighted by molar-refractivity contribution is 9.10. The van der Waals surface area contributed by atoms with E-state index in [1.165, 1.54) is 6.92 Å². The molecule has 1 N–H and O–H groups in total. The first-order valence-corrected chi connectivity index (χ1v) is 6.27. The number of hydrogen-bond donors (Lipinski definition) is 1. The maximum atomic E-state index is 10.8. The van der Waals surface area contributed by atoms with Crippen molar-refractivity contribution in [2.24, 2.45) is 0 Å². The number of ketones is 1. The fraction of sp³-hybridized carbons (Fsp3) is 0.154. The normalized spacial score (nSPS) is 10.1. The van der Waals surface area contributed by atoms with Gasteiger partial charge in [-0.2, -0.15) is 0 Å². The van der Waals surface area contributed by atoms with E-state index in [9.17, 15) is 4.79 Å². The molecule has 2 rings (SSSR count). The summed E-state index contributed by atoms with van der Waals surface area (Å²) >= 11 is 3.42. The second-order valence-corrected chi connectivity index (χ2v) is 4.79. The van der Waals surface area contributed by atoms with E-state index < -0.39 is 0 Å². The summed E-state index contributed by atoms with van der Waals surface area (Å²) in [6.07, 6.45) is 0. The first-order chi connectivity index (χ1) is 8.65. The van der Waals surface area contributed by atoms with Crippen LogP contribution in [0.3, 0.4) is 0 Å². The summed E-state index contributed by atoms with van der Waals surface area (Å²) in [6.45, 7) is 1.79. The Morgan fingerprint density at radius 3 is 2.72 bits per heavy atom. The lowest BCUT2D eigenvalue weighted by atomic mass is 10.1. The van der Waals surface area contributed by atoms with Crippen LogP contribution in [0.25, 0.3) is 11.3 Å². The zero-order chi connectivity index (χ0) is 13.0. The van der Waals surface area contributed by atoms with Gasteiger partial charge in [0.15, 0.2) is 0 Å². The second-order valence-electron chi connectivity index (χ2n) is 3.87. The van der Waals surface area contributed by atoms with E-state index in [1.54, 1.807) is 0 Å². The number of benzene rings is 1. The van der Waals surface area contributed by atoms with Gasteiger partial charge in [0.1, 0.15) is 11.6 Å². The zero-order valence-corrected chi connectivity index (χ0v) is 11.4. The summed E-state index contributed by atoms with van der Waals surface area (Å²) < 4.78 is 1.00. The van der Waals surface area contributed by atoms with Gasteiger partial charge in [-0.1, -0.05) is 28.1 Å². The third-order valence-electron chi connectivity index (χ3n) is 2.30. The Morgan fingerprint density at radius 2 is 2.11 bits per heavy atom. The summed E-state index contributed by atoms with van der Waals surface area (Å²) in [6, 6.07) is 11.5. The standard InChI is InChI=1S/C13H12BrN3O/c1-9(18)8-15-13-6-5-12(16-17-13)10-3-2-4-11(14)7-10/h2-7H,8H2,1H3,(H,15,17). The minimum Gasteiger partial charge on any atom is -0.362 e. The van der Waals surface area contributed by atoms with Gasteiger partial charge in [-0.25, -0.2) is 0 Å². The van der Waals surface area contributed by atoms with Crippen molar-refractivity contribution in [2.75, 3.05) is 11.9 Å². The molecule has 2 aromatic rings. The van der Waals surface area contributed by atoms with Gasteiger partial charge < -0.3 is 5.32 Å². The Balaban J connectivity index is 2.14. The topological polar surface area (TPSA) is 54.9 Å². The average molecular weight is 306 g/mol. The third-order valence-corrected chi connectivity index (χ3v) is 2.80. The van der Waals surface area contributed by atoms with Crippen LogP contribution in [0, 0.1) is 0 Å². The van der Waals surface area contributed by atoms with E-state index in [0.717, 1.165) is 15.7 Å². The van der Waals surface area contributed by atoms with Crippen LogP contribution < -0.4 is 5.32 Å². The third kappa shape index (κ3) is 3.37. The molecule has 0 aliphatic carbocycles.